The van der Waals surface area contributed by atoms with E-state index in [1.165, 1.54) is 4.90 Å². The van der Waals surface area contributed by atoms with Gasteiger partial charge in [-0.25, -0.2) is 14.5 Å². The van der Waals surface area contributed by atoms with Crippen molar-refractivity contribution in [3.63, 3.8) is 0 Å². The highest BCUT2D eigenvalue weighted by Gasteiger charge is 2.58. The molecule has 0 aliphatic carbocycles. The minimum atomic E-state index is -1.41. The number of urea groups is 1. The van der Waals surface area contributed by atoms with Crippen LogP contribution in [0.3, 0.4) is 0 Å². The number of rotatable bonds is 8. The number of nitrogens with two attached hydrogens (primary N) is 1. The van der Waals surface area contributed by atoms with Gasteiger partial charge in [-0.05, 0) is 30.4 Å². The van der Waals surface area contributed by atoms with E-state index in [9.17, 15) is 19.5 Å². The van der Waals surface area contributed by atoms with Crippen molar-refractivity contribution in [2.24, 2.45) is 11.7 Å². The number of nitrogen functional groups attached to an aromatic ring is 1. The summed E-state index contributed by atoms with van der Waals surface area (Å²) in [6, 6.07) is 13.9. The lowest BCUT2D eigenvalue weighted by Gasteiger charge is -2.32. The monoisotopic (exact) mass is 472 g/mol. The van der Waals surface area contributed by atoms with Crippen molar-refractivity contribution in [2.75, 3.05) is 0 Å². The Bertz CT molecular complexity index is 1040. The number of aliphatic carboxylic acids is 1. The zero-order valence-corrected chi connectivity index (χ0v) is 19.6. The van der Waals surface area contributed by atoms with Crippen LogP contribution >= 0.6 is 12.4 Å². The van der Waals surface area contributed by atoms with Crippen LogP contribution in [0, 0.1) is 11.3 Å². The number of benzene rings is 2. The molecule has 4 N–H and O–H groups in total. The molecule has 0 saturated carbocycles. The van der Waals surface area contributed by atoms with Gasteiger partial charge in [-0.3, -0.25) is 10.2 Å². The fourth-order valence-corrected chi connectivity index (χ4v) is 4.04. The van der Waals surface area contributed by atoms with Crippen molar-refractivity contribution in [1.29, 1.82) is 5.41 Å². The zero-order chi connectivity index (χ0) is 23.6. The number of hydrogen-bond acceptors (Lipinski definition) is 4. The second-order valence-electron chi connectivity index (χ2n) is 8.58. The highest BCUT2D eigenvalue weighted by atomic mass is 35.5. The Morgan fingerprint density at radius 2 is 1.67 bits per heavy atom. The molecule has 1 saturated heterocycles. The molecule has 8 nitrogen and oxygen atoms in total. The lowest BCUT2D eigenvalue weighted by atomic mass is 9.88. The fourth-order valence-electron chi connectivity index (χ4n) is 4.04. The summed E-state index contributed by atoms with van der Waals surface area (Å²) in [5.74, 6) is -1.93. The highest BCUT2D eigenvalue weighted by Crippen LogP contribution is 2.40. The molecule has 2 aromatic rings. The van der Waals surface area contributed by atoms with E-state index in [2.05, 4.69) is 0 Å². The van der Waals surface area contributed by atoms with Crippen LogP contribution in [0.2, 0.25) is 0 Å². The van der Waals surface area contributed by atoms with E-state index in [-0.39, 0.29) is 37.1 Å². The van der Waals surface area contributed by atoms with Crippen molar-refractivity contribution in [3.05, 3.63) is 71.3 Å². The molecule has 9 heteroatoms. The van der Waals surface area contributed by atoms with Crippen LogP contribution in [0.1, 0.15) is 43.9 Å². The van der Waals surface area contributed by atoms with Gasteiger partial charge in [0.25, 0.3) is 5.91 Å². The van der Waals surface area contributed by atoms with Crippen molar-refractivity contribution in [2.45, 2.75) is 45.3 Å². The van der Waals surface area contributed by atoms with Crippen LogP contribution in [0.15, 0.2) is 54.6 Å². The Labute approximate surface area is 199 Å². The maximum Gasteiger partial charge on any atom is 0.329 e. The minimum absolute atomic E-state index is 0. The Hall–Kier alpha value is -3.39. The number of carboxylic acids is 1. The third-order valence-corrected chi connectivity index (χ3v) is 5.84. The zero-order valence-electron chi connectivity index (χ0n) is 18.8. The lowest BCUT2D eigenvalue weighted by molar-refractivity contribution is -0.148. The first kappa shape index (κ1) is 25.9. The molecule has 1 aliphatic rings. The van der Waals surface area contributed by atoms with E-state index in [0.29, 0.717) is 11.1 Å². The summed E-state index contributed by atoms with van der Waals surface area (Å²) < 4.78 is 0. The van der Waals surface area contributed by atoms with Gasteiger partial charge in [0, 0.05) is 12.1 Å². The second kappa shape index (κ2) is 10.0. The first-order valence-corrected chi connectivity index (χ1v) is 10.4. The number of amidine groups is 1. The summed E-state index contributed by atoms with van der Waals surface area (Å²) in [4.78, 5) is 41.6. The maximum absolute atomic E-state index is 13.7. The predicted octanol–water partition coefficient (Wildman–Crippen LogP) is 3.57. The minimum Gasteiger partial charge on any atom is -0.480 e. The molecule has 0 aromatic heterocycles. The summed E-state index contributed by atoms with van der Waals surface area (Å²) >= 11 is 0. The van der Waals surface area contributed by atoms with Gasteiger partial charge in [-0.15, -0.1) is 12.4 Å². The van der Waals surface area contributed by atoms with Crippen LogP contribution < -0.4 is 5.73 Å². The van der Waals surface area contributed by atoms with Crippen LogP contribution in [0.5, 0.6) is 0 Å². The Kier molecular flexibility index (Phi) is 7.87. The summed E-state index contributed by atoms with van der Waals surface area (Å²) in [5.41, 5.74) is 5.97. The molecule has 1 fully saturated rings. The maximum atomic E-state index is 13.7. The molecule has 3 amide bonds. The van der Waals surface area contributed by atoms with Gasteiger partial charge < -0.3 is 15.7 Å². The first-order valence-electron chi connectivity index (χ1n) is 10.4. The number of carbonyl (C=O) groups is 3. The summed E-state index contributed by atoms with van der Waals surface area (Å²) in [6.45, 7) is 5.47. The largest absolute Gasteiger partial charge is 0.480 e. The summed E-state index contributed by atoms with van der Waals surface area (Å²) in [6.07, 6.45) is 0.158. The van der Waals surface area contributed by atoms with E-state index in [1.807, 2.05) is 44.2 Å². The van der Waals surface area contributed by atoms with Crippen LogP contribution in [0.25, 0.3) is 0 Å². The molecular formula is C24H29ClN4O4. The summed E-state index contributed by atoms with van der Waals surface area (Å²) in [7, 11) is 0. The van der Waals surface area contributed by atoms with Gasteiger partial charge in [0.2, 0.25) is 0 Å². The van der Waals surface area contributed by atoms with E-state index >= 15 is 0 Å². The predicted molar refractivity (Wildman–Crippen MR) is 127 cm³/mol. The smallest absolute Gasteiger partial charge is 0.329 e. The topological polar surface area (TPSA) is 128 Å². The van der Waals surface area contributed by atoms with Gasteiger partial charge in [0.15, 0.2) is 0 Å². The molecule has 176 valence electrons. The Morgan fingerprint density at radius 1 is 1.09 bits per heavy atom. The quantitative estimate of drug-likeness (QED) is 0.307. The van der Waals surface area contributed by atoms with E-state index < -0.39 is 29.5 Å². The van der Waals surface area contributed by atoms with Gasteiger partial charge in [0.1, 0.15) is 17.4 Å². The fraction of sp³-hybridized carbons (Fsp3) is 0.333. The van der Waals surface area contributed by atoms with Crippen molar-refractivity contribution < 1.29 is 19.5 Å². The van der Waals surface area contributed by atoms with Crippen molar-refractivity contribution in [3.8, 4) is 0 Å². The second-order valence-corrected chi connectivity index (χ2v) is 8.58. The number of hydrogen-bond donors (Lipinski definition) is 3. The average Bonchev–Trinajstić information content (AvgIpc) is 2.94. The number of halogens is 1. The highest BCUT2D eigenvalue weighted by molar-refractivity contribution is 6.09. The van der Waals surface area contributed by atoms with Crippen molar-refractivity contribution >= 4 is 36.2 Å². The molecule has 0 spiro atoms. The van der Waals surface area contributed by atoms with Crippen LogP contribution in [0.4, 0.5) is 4.79 Å². The van der Waals surface area contributed by atoms with E-state index in [4.69, 9.17) is 11.1 Å². The number of nitrogens with one attached hydrogen (secondary N) is 1. The lowest BCUT2D eigenvalue weighted by Crippen LogP contribution is -2.47. The van der Waals surface area contributed by atoms with Crippen molar-refractivity contribution in [1.82, 2.24) is 9.80 Å². The molecule has 2 aromatic carbocycles. The standard InChI is InChI=1S/C24H28N4O4.ClH/c1-15(2)13-19(21(29)30)28-22(31)24(3,18-11-9-17(10-12-18)20(25)26)27(23(28)32)14-16-7-5-4-6-8-16;/h4-12,15,19H,13-14H2,1-3H3,(H3,25,26)(H,29,30);1H/t19?,24-;/m0./s1. The third-order valence-electron chi connectivity index (χ3n) is 5.84. The molecule has 1 aliphatic heterocycles. The molecule has 0 bridgehead atoms. The molecule has 33 heavy (non-hydrogen) atoms. The van der Waals surface area contributed by atoms with Gasteiger partial charge >= 0.3 is 12.0 Å². The van der Waals surface area contributed by atoms with Crippen LogP contribution in [-0.2, 0) is 21.7 Å². The number of amides is 3. The van der Waals surface area contributed by atoms with Crippen LogP contribution in [-0.4, -0.2) is 44.7 Å². The average molecular weight is 473 g/mol. The van der Waals surface area contributed by atoms with E-state index in [1.54, 1.807) is 31.2 Å². The summed E-state index contributed by atoms with van der Waals surface area (Å²) in [5, 5.41) is 17.4. The number of nitrogens with zero attached hydrogens (tertiary/aromatic N) is 2. The Balaban J connectivity index is 0.00000385. The van der Waals surface area contributed by atoms with E-state index in [0.717, 1.165) is 10.5 Å². The van der Waals surface area contributed by atoms with Gasteiger partial charge in [-0.2, -0.15) is 0 Å². The van der Waals surface area contributed by atoms with Gasteiger partial charge in [-0.1, -0.05) is 68.4 Å². The molecule has 2 atom stereocenters. The molecular weight excluding hydrogens is 444 g/mol. The third kappa shape index (κ3) is 4.85. The Morgan fingerprint density at radius 3 is 2.15 bits per heavy atom. The molecule has 3 rings (SSSR count). The first-order chi connectivity index (χ1) is 15.1. The molecule has 1 unspecified atom stereocenters. The normalized spacial score (nSPS) is 18.9. The number of carboxylic acid groups (broad SMARTS) is 1. The van der Waals surface area contributed by atoms with Gasteiger partial charge in [0.05, 0.1) is 0 Å². The molecule has 0 radical (unpaired) electrons. The molecule has 1 heterocycles. The number of carbonyl (C=O) groups excluding carboxylic acids is 2. The number of imide groups is 1. The SMILES string of the molecule is CC(C)CC(C(=O)O)N1C(=O)N(Cc2ccccc2)[C@@](C)(c2ccc(C(=N)N)cc2)C1=O.Cl.